The molecule has 0 bridgehead atoms. The minimum atomic E-state index is -0.239. The normalized spacial score (nSPS) is 19.3. The molecule has 0 saturated carbocycles. The van der Waals surface area contributed by atoms with Crippen LogP contribution in [-0.4, -0.2) is 21.9 Å². The molecule has 1 aromatic heterocycles. The summed E-state index contributed by atoms with van der Waals surface area (Å²) in [6.45, 7) is 2.97. The number of benzene rings is 3. The SMILES string of the molecule is CC1(c2ccccc2)CN=C2c3ncc(-c4ccccc4)n3-c3ccccc3N21. The average Bonchev–Trinajstić information content (AvgIpc) is 3.38. The Morgan fingerprint density at radius 2 is 1.45 bits per heavy atom. The lowest BCUT2D eigenvalue weighted by molar-refractivity contribution is 0.531. The first-order valence-corrected chi connectivity index (χ1v) is 9.90. The van der Waals surface area contributed by atoms with Crippen molar-refractivity contribution in [1.29, 1.82) is 0 Å². The van der Waals surface area contributed by atoms with Crippen molar-refractivity contribution >= 4 is 11.5 Å². The molecule has 1 atom stereocenters. The molecule has 3 heterocycles. The van der Waals surface area contributed by atoms with E-state index in [1.165, 1.54) is 5.56 Å². The number of rotatable bonds is 2. The van der Waals surface area contributed by atoms with Gasteiger partial charge in [0.15, 0.2) is 11.7 Å². The van der Waals surface area contributed by atoms with Gasteiger partial charge in [-0.25, -0.2) is 4.98 Å². The maximum Gasteiger partial charge on any atom is 0.181 e. The maximum atomic E-state index is 4.99. The molecule has 4 aromatic rings. The first-order valence-electron chi connectivity index (χ1n) is 9.90. The lowest BCUT2D eigenvalue weighted by Crippen LogP contribution is -2.48. The van der Waals surface area contributed by atoms with Crippen molar-refractivity contribution in [2.45, 2.75) is 12.5 Å². The summed E-state index contributed by atoms with van der Waals surface area (Å²) in [6, 6.07) is 29.6. The fraction of sp³-hybridized carbons (Fsp3) is 0.120. The van der Waals surface area contributed by atoms with Crippen LogP contribution in [0.25, 0.3) is 16.9 Å². The van der Waals surface area contributed by atoms with E-state index >= 15 is 0 Å². The van der Waals surface area contributed by atoms with Gasteiger partial charge in [-0.3, -0.25) is 9.56 Å². The summed E-state index contributed by atoms with van der Waals surface area (Å²) in [5.41, 5.74) is 5.57. The van der Waals surface area contributed by atoms with Crippen LogP contribution >= 0.6 is 0 Å². The number of nitrogens with zero attached hydrogens (tertiary/aromatic N) is 4. The zero-order valence-corrected chi connectivity index (χ0v) is 16.2. The van der Waals surface area contributed by atoms with E-state index < -0.39 is 0 Å². The van der Waals surface area contributed by atoms with Gasteiger partial charge in [-0.2, -0.15) is 0 Å². The number of fused-ring (bicyclic) bond motifs is 6. The Labute approximate surface area is 169 Å². The van der Waals surface area contributed by atoms with Crippen LogP contribution in [-0.2, 0) is 5.54 Å². The molecule has 6 rings (SSSR count). The van der Waals surface area contributed by atoms with Crippen molar-refractivity contribution in [1.82, 2.24) is 9.55 Å². The van der Waals surface area contributed by atoms with E-state index in [0.717, 1.165) is 34.3 Å². The lowest BCUT2D eigenvalue weighted by atomic mass is 9.89. The molecule has 4 heteroatoms. The van der Waals surface area contributed by atoms with E-state index in [1.807, 2.05) is 12.3 Å². The third kappa shape index (κ3) is 2.20. The van der Waals surface area contributed by atoms with Gasteiger partial charge in [-0.15, -0.1) is 0 Å². The van der Waals surface area contributed by atoms with E-state index in [-0.39, 0.29) is 5.54 Å². The summed E-state index contributed by atoms with van der Waals surface area (Å²) in [5, 5.41) is 0. The van der Waals surface area contributed by atoms with Crippen molar-refractivity contribution < 1.29 is 0 Å². The standard InChI is InChI=1S/C25H20N4/c1-25(19-12-6-3-7-13-19)17-27-24-23-26-16-22(18-10-4-2-5-11-18)28(23)20-14-8-9-15-21(20)29(24)25/h2-16H,17H2,1H3. The molecule has 0 N–H and O–H groups in total. The molecule has 2 aliphatic rings. The highest BCUT2D eigenvalue weighted by Gasteiger charge is 2.46. The van der Waals surface area contributed by atoms with Gasteiger partial charge in [-0.1, -0.05) is 72.8 Å². The molecule has 29 heavy (non-hydrogen) atoms. The van der Waals surface area contributed by atoms with Crippen LogP contribution in [0.5, 0.6) is 0 Å². The predicted molar refractivity (Wildman–Crippen MR) is 117 cm³/mol. The number of para-hydroxylation sites is 2. The molecule has 0 saturated heterocycles. The average molecular weight is 376 g/mol. The summed E-state index contributed by atoms with van der Waals surface area (Å²) >= 11 is 0. The lowest BCUT2D eigenvalue weighted by Gasteiger charge is -2.41. The maximum absolute atomic E-state index is 4.99. The van der Waals surface area contributed by atoms with Crippen molar-refractivity contribution in [2.75, 3.05) is 11.4 Å². The summed E-state index contributed by atoms with van der Waals surface area (Å²) in [4.78, 5) is 12.2. The molecule has 4 nitrogen and oxygen atoms in total. The zero-order chi connectivity index (χ0) is 19.4. The van der Waals surface area contributed by atoms with E-state index in [0.29, 0.717) is 6.54 Å². The van der Waals surface area contributed by atoms with Crippen molar-refractivity contribution in [3.63, 3.8) is 0 Å². The first kappa shape index (κ1) is 16.3. The van der Waals surface area contributed by atoms with Crippen molar-refractivity contribution in [3.05, 3.63) is 103 Å². The van der Waals surface area contributed by atoms with Crippen LogP contribution in [0.15, 0.2) is 96.1 Å². The summed E-state index contributed by atoms with van der Waals surface area (Å²) < 4.78 is 2.25. The largest absolute Gasteiger partial charge is 0.310 e. The third-order valence-electron chi connectivity index (χ3n) is 6.03. The second-order valence-electron chi connectivity index (χ2n) is 7.77. The number of hydrogen-bond acceptors (Lipinski definition) is 3. The molecule has 0 aliphatic carbocycles. The van der Waals surface area contributed by atoms with Gasteiger partial charge in [0.05, 0.1) is 35.3 Å². The molecule has 0 fully saturated rings. The Kier molecular flexibility index (Phi) is 3.33. The van der Waals surface area contributed by atoms with Gasteiger partial charge in [0.25, 0.3) is 0 Å². The van der Waals surface area contributed by atoms with Gasteiger partial charge in [0.1, 0.15) is 0 Å². The summed E-state index contributed by atoms with van der Waals surface area (Å²) in [5.74, 6) is 1.85. The fourth-order valence-electron chi connectivity index (χ4n) is 4.58. The molecular weight excluding hydrogens is 356 g/mol. The molecule has 3 aromatic carbocycles. The fourth-order valence-corrected chi connectivity index (χ4v) is 4.58. The molecule has 2 aliphatic heterocycles. The smallest absolute Gasteiger partial charge is 0.181 e. The Morgan fingerprint density at radius 3 is 2.21 bits per heavy atom. The molecule has 0 amide bonds. The highest BCUT2D eigenvalue weighted by molar-refractivity contribution is 6.14. The number of aliphatic imine (C=N–C) groups is 1. The second kappa shape index (κ2) is 5.92. The van der Waals surface area contributed by atoms with Crippen LogP contribution in [0.1, 0.15) is 18.3 Å². The topological polar surface area (TPSA) is 33.4 Å². The van der Waals surface area contributed by atoms with Crippen LogP contribution in [0.2, 0.25) is 0 Å². The Bertz CT molecular complexity index is 1240. The third-order valence-corrected chi connectivity index (χ3v) is 6.03. The zero-order valence-electron chi connectivity index (χ0n) is 16.2. The molecule has 0 radical (unpaired) electrons. The van der Waals surface area contributed by atoms with Gasteiger partial charge in [-0.05, 0) is 24.6 Å². The van der Waals surface area contributed by atoms with Gasteiger partial charge >= 0.3 is 0 Å². The monoisotopic (exact) mass is 376 g/mol. The number of amidine groups is 1. The van der Waals surface area contributed by atoms with Gasteiger partial charge in [0.2, 0.25) is 0 Å². The minimum absolute atomic E-state index is 0.239. The highest BCUT2D eigenvalue weighted by Crippen LogP contribution is 2.45. The number of imidazole rings is 1. The van der Waals surface area contributed by atoms with E-state index in [2.05, 4.69) is 95.3 Å². The molecule has 140 valence electrons. The van der Waals surface area contributed by atoms with Gasteiger partial charge < -0.3 is 4.90 Å². The molecule has 1 unspecified atom stereocenters. The number of hydrogen-bond donors (Lipinski definition) is 0. The van der Waals surface area contributed by atoms with Crippen LogP contribution < -0.4 is 4.90 Å². The quantitative estimate of drug-likeness (QED) is 0.491. The Balaban J connectivity index is 1.60. The summed E-state index contributed by atoms with van der Waals surface area (Å²) in [7, 11) is 0. The van der Waals surface area contributed by atoms with Crippen LogP contribution in [0.3, 0.4) is 0 Å². The number of aromatic nitrogens is 2. The van der Waals surface area contributed by atoms with Crippen molar-refractivity contribution in [3.8, 4) is 16.9 Å². The molecule has 0 spiro atoms. The summed E-state index contributed by atoms with van der Waals surface area (Å²) in [6.07, 6.45) is 1.96. The first-order chi connectivity index (χ1) is 14.3. The molecular formula is C25H20N4. The Morgan fingerprint density at radius 1 is 0.793 bits per heavy atom. The van der Waals surface area contributed by atoms with Crippen LogP contribution in [0, 0.1) is 0 Å². The number of anilines is 1. The Hall–Kier alpha value is -3.66. The van der Waals surface area contributed by atoms with E-state index in [4.69, 9.17) is 9.98 Å². The van der Waals surface area contributed by atoms with E-state index in [9.17, 15) is 0 Å². The van der Waals surface area contributed by atoms with Crippen molar-refractivity contribution in [2.24, 2.45) is 4.99 Å². The predicted octanol–water partition coefficient (Wildman–Crippen LogP) is 5.03. The minimum Gasteiger partial charge on any atom is -0.310 e. The van der Waals surface area contributed by atoms with E-state index in [1.54, 1.807) is 0 Å². The highest BCUT2D eigenvalue weighted by atomic mass is 15.4. The van der Waals surface area contributed by atoms with Gasteiger partial charge in [0, 0.05) is 5.56 Å². The van der Waals surface area contributed by atoms with Crippen LogP contribution in [0.4, 0.5) is 5.69 Å². The second-order valence-corrected chi connectivity index (χ2v) is 7.77.